The number of aryl methyl sites for hydroxylation is 1. The van der Waals surface area contributed by atoms with Crippen LogP contribution in [-0.2, 0) is 11.3 Å². The van der Waals surface area contributed by atoms with Gasteiger partial charge in [0.25, 0.3) is 0 Å². The van der Waals surface area contributed by atoms with Crippen LogP contribution >= 0.6 is 0 Å². The first-order valence-corrected chi connectivity index (χ1v) is 6.26. The minimum Gasteiger partial charge on any atom is -0.467 e. The minimum atomic E-state index is -0.0580. The second kappa shape index (κ2) is 6.09. The van der Waals surface area contributed by atoms with Crippen molar-refractivity contribution in [3.05, 3.63) is 53.5 Å². The topological polar surface area (TPSA) is 54.3 Å². The molecule has 0 aliphatic rings. The normalized spacial score (nSPS) is 10.2. The third kappa shape index (κ3) is 3.61. The Bertz CT molecular complexity index is 547. The Hall–Kier alpha value is -2.23. The lowest BCUT2D eigenvalue weighted by molar-refractivity contribution is -0.119. The lowest BCUT2D eigenvalue weighted by Gasteiger charge is -2.11. The first-order valence-electron chi connectivity index (χ1n) is 6.26. The number of furan rings is 1. The highest BCUT2D eigenvalue weighted by Crippen LogP contribution is 2.17. The van der Waals surface area contributed by atoms with Crippen LogP contribution in [0.4, 0.5) is 5.69 Å². The van der Waals surface area contributed by atoms with Crippen molar-refractivity contribution in [2.24, 2.45) is 0 Å². The van der Waals surface area contributed by atoms with Crippen molar-refractivity contribution < 1.29 is 9.21 Å². The molecule has 1 heterocycles. The maximum Gasteiger partial charge on any atom is 0.239 e. The molecule has 4 nitrogen and oxygen atoms in total. The first-order chi connectivity index (χ1) is 9.16. The average molecular weight is 258 g/mol. The Labute approximate surface area is 112 Å². The van der Waals surface area contributed by atoms with Gasteiger partial charge in [-0.1, -0.05) is 12.1 Å². The van der Waals surface area contributed by atoms with Crippen LogP contribution in [0, 0.1) is 13.8 Å². The molecule has 0 spiro atoms. The molecule has 1 aromatic heterocycles. The maximum atomic E-state index is 11.7. The van der Waals surface area contributed by atoms with Gasteiger partial charge in [0.15, 0.2) is 0 Å². The highest BCUT2D eigenvalue weighted by molar-refractivity contribution is 5.80. The Morgan fingerprint density at radius 3 is 2.79 bits per heavy atom. The SMILES string of the molecule is Cc1cccc(NCC(=O)NCc2ccco2)c1C. The fraction of sp³-hybridized carbons (Fsp3) is 0.267. The second-order valence-corrected chi connectivity index (χ2v) is 4.46. The van der Waals surface area contributed by atoms with E-state index in [1.165, 1.54) is 11.1 Å². The predicted molar refractivity (Wildman–Crippen MR) is 75.0 cm³/mol. The number of amides is 1. The van der Waals surface area contributed by atoms with Gasteiger partial charge < -0.3 is 15.1 Å². The third-order valence-electron chi connectivity index (χ3n) is 3.08. The van der Waals surface area contributed by atoms with Crippen molar-refractivity contribution >= 4 is 11.6 Å². The summed E-state index contributed by atoms with van der Waals surface area (Å²) in [5.41, 5.74) is 3.37. The zero-order chi connectivity index (χ0) is 13.7. The van der Waals surface area contributed by atoms with Crippen molar-refractivity contribution in [1.29, 1.82) is 0 Å². The van der Waals surface area contributed by atoms with E-state index in [0.29, 0.717) is 6.54 Å². The molecule has 2 aromatic rings. The van der Waals surface area contributed by atoms with Gasteiger partial charge in [-0.05, 0) is 43.2 Å². The summed E-state index contributed by atoms with van der Waals surface area (Å²) < 4.78 is 5.15. The largest absolute Gasteiger partial charge is 0.467 e. The molecule has 0 saturated heterocycles. The molecule has 2 rings (SSSR count). The van der Waals surface area contributed by atoms with Crippen molar-refractivity contribution in [1.82, 2.24) is 5.32 Å². The Morgan fingerprint density at radius 1 is 1.21 bits per heavy atom. The molecule has 0 atom stereocenters. The fourth-order valence-electron chi connectivity index (χ4n) is 1.78. The molecule has 1 aromatic carbocycles. The smallest absolute Gasteiger partial charge is 0.239 e. The van der Waals surface area contributed by atoms with Crippen LogP contribution in [0.15, 0.2) is 41.0 Å². The third-order valence-corrected chi connectivity index (χ3v) is 3.08. The van der Waals surface area contributed by atoms with E-state index in [0.717, 1.165) is 11.4 Å². The van der Waals surface area contributed by atoms with E-state index in [4.69, 9.17) is 4.42 Å². The van der Waals surface area contributed by atoms with E-state index in [9.17, 15) is 4.79 Å². The molecule has 100 valence electrons. The first kappa shape index (κ1) is 13.2. The van der Waals surface area contributed by atoms with Gasteiger partial charge in [-0.2, -0.15) is 0 Å². The molecule has 0 bridgehead atoms. The molecular weight excluding hydrogens is 240 g/mol. The number of benzene rings is 1. The van der Waals surface area contributed by atoms with Crippen molar-refractivity contribution in [2.45, 2.75) is 20.4 Å². The molecule has 0 aliphatic carbocycles. The molecule has 19 heavy (non-hydrogen) atoms. The van der Waals surface area contributed by atoms with Gasteiger partial charge in [0.2, 0.25) is 5.91 Å². The zero-order valence-corrected chi connectivity index (χ0v) is 11.2. The van der Waals surface area contributed by atoms with E-state index < -0.39 is 0 Å². The van der Waals surface area contributed by atoms with Crippen LogP contribution in [-0.4, -0.2) is 12.5 Å². The lowest BCUT2D eigenvalue weighted by atomic mass is 10.1. The quantitative estimate of drug-likeness (QED) is 0.866. The Morgan fingerprint density at radius 2 is 2.05 bits per heavy atom. The summed E-state index contributed by atoms with van der Waals surface area (Å²) in [6, 6.07) is 9.64. The number of hydrogen-bond acceptors (Lipinski definition) is 3. The summed E-state index contributed by atoms with van der Waals surface area (Å²) in [5, 5.41) is 5.94. The van der Waals surface area contributed by atoms with E-state index in [1.54, 1.807) is 12.3 Å². The molecule has 0 radical (unpaired) electrons. The summed E-state index contributed by atoms with van der Waals surface area (Å²) in [6.45, 7) is 4.77. The van der Waals surface area contributed by atoms with Crippen LogP contribution in [0.1, 0.15) is 16.9 Å². The molecular formula is C15H18N2O2. The van der Waals surface area contributed by atoms with Crippen molar-refractivity contribution in [2.75, 3.05) is 11.9 Å². The zero-order valence-electron chi connectivity index (χ0n) is 11.2. The van der Waals surface area contributed by atoms with Crippen molar-refractivity contribution in [3.63, 3.8) is 0 Å². The molecule has 2 N–H and O–H groups in total. The number of carbonyl (C=O) groups is 1. The van der Waals surface area contributed by atoms with E-state index in [2.05, 4.69) is 23.6 Å². The van der Waals surface area contributed by atoms with Crippen LogP contribution in [0.3, 0.4) is 0 Å². The molecule has 0 unspecified atom stereocenters. The van der Waals surface area contributed by atoms with E-state index in [1.807, 2.05) is 25.1 Å². The highest BCUT2D eigenvalue weighted by Gasteiger charge is 2.04. The van der Waals surface area contributed by atoms with Crippen LogP contribution in [0.2, 0.25) is 0 Å². The molecule has 0 saturated carbocycles. The van der Waals surface area contributed by atoms with Gasteiger partial charge in [-0.15, -0.1) is 0 Å². The summed E-state index contributed by atoms with van der Waals surface area (Å²) in [5.74, 6) is 0.692. The predicted octanol–water partition coefficient (Wildman–Crippen LogP) is 2.62. The van der Waals surface area contributed by atoms with Gasteiger partial charge in [0.05, 0.1) is 19.4 Å². The number of nitrogens with one attached hydrogen (secondary N) is 2. The summed E-state index contributed by atoms with van der Waals surface area (Å²) in [4.78, 5) is 11.7. The number of hydrogen-bond donors (Lipinski definition) is 2. The summed E-state index contributed by atoms with van der Waals surface area (Å²) in [7, 11) is 0. The lowest BCUT2D eigenvalue weighted by Crippen LogP contribution is -2.29. The standard InChI is InChI=1S/C15H18N2O2/c1-11-5-3-7-14(12(11)2)16-10-15(18)17-9-13-6-4-8-19-13/h3-8,16H,9-10H2,1-2H3,(H,17,18). The van der Waals surface area contributed by atoms with Gasteiger partial charge >= 0.3 is 0 Å². The molecule has 0 aliphatic heterocycles. The van der Waals surface area contributed by atoms with Crippen LogP contribution in [0.5, 0.6) is 0 Å². The van der Waals surface area contributed by atoms with Gasteiger partial charge in [-0.3, -0.25) is 4.79 Å². The molecule has 4 heteroatoms. The van der Waals surface area contributed by atoms with Crippen LogP contribution in [0.25, 0.3) is 0 Å². The van der Waals surface area contributed by atoms with Gasteiger partial charge in [0.1, 0.15) is 5.76 Å². The summed E-state index contributed by atoms with van der Waals surface area (Å²) >= 11 is 0. The maximum absolute atomic E-state index is 11.7. The fourth-order valence-corrected chi connectivity index (χ4v) is 1.78. The summed E-state index contributed by atoms with van der Waals surface area (Å²) in [6.07, 6.45) is 1.59. The van der Waals surface area contributed by atoms with E-state index >= 15 is 0 Å². The molecule has 0 fully saturated rings. The Balaban J connectivity index is 1.81. The van der Waals surface area contributed by atoms with Gasteiger partial charge in [-0.25, -0.2) is 0 Å². The van der Waals surface area contributed by atoms with Crippen LogP contribution < -0.4 is 10.6 Å². The van der Waals surface area contributed by atoms with Crippen molar-refractivity contribution in [3.8, 4) is 0 Å². The number of rotatable bonds is 5. The number of anilines is 1. The van der Waals surface area contributed by atoms with E-state index in [-0.39, 0.29) is 12.5 Å². The monoisotopic (exact) mass is 258 g/mol. The second-order valence-electron chi connectivity index (χ2n) is 4.46. The number of carbonyl (C=O) groups excluding carboxylic acids is 1. The van der Waals surface area contributed by atoms with Gasteiger partial charge in [0, 0.05) is 5.69 Å². The molecule has 1 amide bonds. The highest BCUT2D eigenvalue weighted by atomic mass is 16.3. The Kier molecular flexibility index (Phi) is 4.23. The minimum absolute atomic E-state index is 0.0580. The average Bonchev–Trinajstić information content (AvgIpc) is 2.91.